The van der Waals surface area contributed by atoms with Crippen LogP contribution >= 0.6 is 0 Å². The van der Waals surface area contributed by atoms with Crippen molar-refractivity contribution >= 4 is 5.82 Å². The number of hydrogen-bond acceptors (Lipinski definition) is 4. The first-order chi connectivity index (χ1) is 6.29. The Balaban J connectivity index is 2.28. The number of aromatic nitrogens is 2. The van der Waals surface area contributed by atoms with Gasteiger partial charge in [-0.25, -0.2) is 9.97 Å². The zero-order valence-corrected chi connectivity index (χ0v) is 7.96. The van der Waals surface area contributed by atoms with Gasteiger partial charge < -0.3 is 10.6 Å². The average Bonchev–Trinajstić information content (AvgIpc) is 2.00. The smallest absolute Gasteiger partial charge is 0.136 e. The standard InChI is InChI=1S/C9H14N4/c1-6-3-8(10-2)13-9(12-6)7-4-11-5-7/h3,7,11H,4-5H2,1-2H3,(H,10,12,13). The van der Waals surface area contributed by atoms with Crippen LogP contribution in [0.4, 0.5) is 5.82 Å². The Labute approximate surface area is 77.8 Å². The number of nitrogens with one attached hydrogen (secondary N) is 2. The van der Waals surface area contributed by atoms with Gasteiger partial charge in [-0.05, 0) is 6.92 Å². The van der Waals surface area contributed by atoms with E-state index in [-0.39, 0.29) is 0 Å². The lowest BCUT2D eigenvalue weighted by molar-refractivity contribution is 0.429. The highest BCUT2D eigenvalue weighted by atomic mass is 15.1. The number of anilines is 1. The molecule has 0 spiro atoms. The molecule has 0 unspecified atom stereocenters. The molecule has 1 aromatic rings. The summed E-state index contributed by atoms with van der Waals surface area (Å²) in [6.07, 6.45) is 0. The SMILES string of the molecule is CNc1cc(C)nc(C2CNC2)n1. The highest BCUT2D eigenvalue weighted by molar-refractivity contribution is 5.35. The summed E-state index contributed by atoms with van der Waals surface area (Å²) in [7, 11) is 1.88. The van der Waals surface area contributed by atoms with E-state index in [1.165, 1.54) is 0 Å². The summed E-state index contributed by atoms with van der Waals surface area (Å²) >= 11 is 0. The van der Waals surface area contributed by atoms with Crippen molar-refractivity contribution in [1.82, 2.24) is 15.3 Å². The molecule has 2 rings (SSSR count). The van der Waals surface area contributed by atoms with Gasteiger partial charge in [0, 0.05) is 37.8 Å². The Morgan fingerprint density at radius 3 is 2.77 bits per heavy atom. The molecule has 0 amide bonds. The van der Waals surface area contributed by atoms with Crippen LogP contribution in [-0.2, 0) is 0 Å². The third-order valence-corrected chi connectivity index (χ3v) is 2.27. The van der Waals surface area contributed by atoms with Crippen molar-refractivity contribution in [3.8, 4) is 0 Å². The second-order valence-electron chi connectivity index (χ2n) is 3.36. The molecule has 13 heavy (non-hydrogen) atoms. The zero-order valence-electron chi connectivity index (χ0n) is 7.96. The minimum Gasteiger partial charge on any atom is -0.373 e. The molecule has 70 valence electrons. The van der Waals surface area contributed by atoms with Crippen LogP contribution in [0.15, 0.2) is 6.07 Å². The molecule has 1 saturated heterocycles. The van der Waals surface area contributed by atoms with Gasteiger partial charge in [0.1, 0.15) is 11.6 Å². The van der Waals surface area contributed by atoms with Crippen LogP contribution in [-0.4, -0.2) is 30.1 Å². The van der Waals surface area contributed by atoms with Gasteiger partial charge in [-0.2, -0.15) is 0 Å². The first-order valence-electron chi connectivity index (χ1n) is 4.53. The lowest BCUT2D eigenvalue weighted by Crippen LogP contribution is -2.41. The van der Waals surface area contributed by atoms with Gasteiger partial charge in [0.25, 0.3) is 0 Å². The molecule has 0 atom stereocenters. The fourth-order valence-corrected chi connectivity index (χ4v) is 1.37. The molecule has 2 N–H and O–H groups in total. The van der Waals surface area contributed by atoms with E-state index in [0.29, 0.717) is 5.92 Å². The van der Waals surface area contributed by atoms with Crippen LogP contribution in [0.2, 0.25) is 0 Å². The van der Waals surface area contributed by atoms with E-state index in [0.717, 1.165) is 30.4 Å². The molecule has 1 aromatic heterocycles. The molecule has 0 radical (unpaired) electrons. The number of aryl methyl sites for hydroxylation is 1. The van der Waals surface area contributed by atoms with E-state index >= 15 is 0 Å². The largest absolute Gasteiger partial charge is 0.373 e. The predicted octanol–water partition coefficient (Wildman–Crippen LogP) is 0.514. The summed E-state index contributed by atoms with van der Waals surface area (Å²) in [5, 5.41) is 6.26. The van der Waals surface area contributed by atoms with Gasteiger partial charge in [-0.3, -0.25) is 0 Å². The van der Waals surface area contributed by atoms with Crippen molar-refractivity contribution in [2.75, 3.05) is 25.5 Å². The van der Waals surface area contributed by atoms with Crippen LogP contribution in [0.3, 0.4) is 0 Å². The molecule has 1 aliphatic heterocycles. The predicted molar refractivity (Wildman–Crippen MR) is 51.9 cm³/mol. The number of nitrogens with zero attached hydrogens (tertiary/aromatic N) is 2. The molecule has 4 heteroatoms. The Bertz CT molecular complexity index is 306. The second-order valence-corrected chi connectivity index (χ2v) is 3.36. The van der Waals surface area contributed by atoms with Crippen molar-refractivity contribution in [1.29, 1.82) is 0 Å². The Kier molecular flexibility index (Phi) is 2.14. The fraction of sp³-hybridized carbons (Fsp3) is 0.556. The van der Waals surface area contributed by atoms with Crippen LogP contribution < -0.4 is 10.6 Å². The quantitative estimate of drug-likeness (QED) is 0.693. The molecule has 4 nitrogen and oxygen atoms in total. The Hall–Kier alpha value is -1.16. The molecule has 0 aliphatic carbocycles. The van der Waals surface area contributed by atoms with Gasteiger partial charge in [-0.1, -0.05) is 0 Å². The summed E-state index contributed by atoms with van der Waals surface area (Å²) in [4.78, 5) is 8.82. The monoisotopic (exact) mass is 178 g/mol. The maximum Gasteiger partial charge on any atom is 0.136 e. The molecule has 0 saturated carbocycles. The normalized spacial score (nSPS) is 16.8. The lowest BCUT2D eigenvalue weighted by Gasteiger charge is -2.25. The third kappa shape index (κ3) is 1.62. The van der Waals surface area contributed by atoms with Crippen molar-refractivity contribution in [2.45, 2.75) is 12.8 Å². The molecule has 1 aliphatic rings. The van der Waals surface area contributed by atoms with E-state index in [1.54, 1.807) is 0 Å². The minimum atomic E-state index is 0.506. The zero-order chi connectivity index (χ0) is 9.26. The Morgan fingerprint density at radius 2 is 2.23 bits per heavy atom. The number of rotatable bonds is 2. The first kappa shape index (κ1) is 8.44. The summed E-state index contributed by atoms with van der Waals surface area (Å²) in [5.74, 6) is 2.38. The highest BCUT2D eigenvalue weighted by Crippen LogP contribution is 2.17. The molecular formula is C9H14N4. The summed E-state index contributed by atoms with van der Waals surface area (Å²) in [6.45, 7) is 4.01. The van der Waals surface area contributed by atoms with E-state index in [9.17, 15) is 0 Å². The third-order valence-electron chi connectivity index (χ3n) is 2.27. The van der Waals surface area contributed by atoms with Crippen molar-refractivity contribution in [3.63, 3.8) is 0 Å². The summed E-state index contributed by atoms with van der Waals surface area (Å²) in [6, 6.07) is 1.95. The van der Waals surface area contributed by atoms with Crippen LogP contribution in [0.25, 0.3) is 0 Å². The summed E-state index contributed by atoms with van der Waals surface area (Å²) in [5.41, 5.74) is 1.03. The van der Waals surface area contributed by atoms with Gasteiger partial charge in [0.15, 0.2) is 0 Å². The Morgan fingerprint density at radius 1 is 1.46 bits per heavy atom. The topological polar surface area (TPSA) is 49.8 Å². The molecule has 1 fully saturated rings. The maximum atomic E-state index is 4.41. The molecule has 0 bridgehead atoms. The van der Waals surface area contributed by atoms with E-state index in [4.69, 9.17) is 0 Å². The summed E-state index contributed by atoms with van der Waals surface area (Å²) < 4.78 is 0. The minimum absolute atomic E-state index is 0.506. The lowest BCUT2D eigenvalue weighted by atomic mass is 10.0. The van der Waals surface area contributed by atoms with E-state index in [1.807, 2.05) is 20.0 Å². The fourth-order valence-electron chi connectivity index (χ4n) is 1.37. The first-order valence-corrected chi connectivity index (χ1v) is 4.53. The second kappa shape index (κ2) is 3.30. The van der Waals surface area contributed by atoms with Crippen molar-refractivity contribution < 1.29 is 0 Å². The van der Waals surface area contributed by atoms with Gasteiger partial charge >= 0.3 is 0 Å². The number of hydrogen-bond donors (Lipinski definition) is 2. The van der Waals surface area contributed by atoms with E-state index < -0.39 is 0 Å². The highest BCUT2D eigenvalue weighted by Gasteiger charge is 2.22. The van der Waals surface area contributed by atoms with Crippen LogP contribution in [0.1, 0.15) is 17.4 Å². The average molecular weight is 178 g/mol. The van der Waals surface area contributed by atoms with E-state index in [2.05, 4.69) is 20.6 Å². The molecular weight excluding hydrogens is 164 g/mol. The van der Waals surface area contributed by atoms with Gasteiger partial charge in [0.05, 0.1) is 0 Å². The van der Waals surface area contributed by atoms with Crippen LogP contribution in [0.5, 0.6) is 0 Å². The van der Waals surface area contributed by atoms with Crippen LogP contribution in [0, 0.1) is 6.92 Å². The molecule has 0 aromatic carbocycles. The van der Waals surface area contributed by atoms with Gasteiger partial charge in [-0.15, -0.1) is 0 Å². The van der Waals surface area contributed by atoms with Gasteiger partial charge in [0.2, 0.25) is 0 Å². The maximum absolute atomic E-state index is 4.41. The van der Waals surface area contributed by atoms with Crippen molar-refractivity contribution in [2.24, 2.45) is 0 Å². The van der Waals surface area contributed by atoms with Crippen molar-refractivity contribution in [3.05, 3.63) is 17.6 Å². The molecule has 2 heterocycles.